The van der Waals surface area contributed by atoms with Crippen LogP contribution in [0.5, 0.6) is 0 Å². The highest BCUT2D eigenvalue weighted by Gasteiger charge is 2.22. The fourth-order valence-electron chi connectivity index (χ4n) is 2.64. The number of thiazole rings is 1. The molecule has 7 heteroatoms. The molecule has 0 saturated heterocycles. The minimum Gasteiger partial charge on any atom is -0.372 e. The van der Waals surface area contributed by atoms with Gasteiger partial charge in [-0.2, -0.15) is 0 Å². The van der Waals surface area contributed by atoms with E-state index in [2.05, 4.69) is 19.9 Å². The number of carbonyl (C=O) groups is 1. The van der Waals surface area contributed by atoms with Gasteiger partial charge in [0.15, 0.2) is 0 Å². The van der Waals surface area contributed by atoms with Crippen LogP contribution < -0.4 is 5.32 Å². The molecule has 2 aromatic heterocycles. The molecule has 6 nitrogen and oxygen atoms in total. The van der Waals surface area contributed by atoms with Crippen LogP contribution in [0.1, 0.15) is 47.7 Å². The van der Waals surface area contributed by atoms with E-state index in [1.54, 1.807) is 11.6 Å². The van der Waals surface area contributed by atoms with Crippen molar-refractivity contribution in [3.63, 3.8) is 0 Å². The second-order valence-corrected chi connectivity index (χ2v) is 6.26. The lowest BCUT2D eigenvalue weighted by molar-refractivity contribution is 0.0759. The van der Waals surface area contributed by atoms with E-state index in [1.165, 1.54) is 11.3 Å². The monoisotopic (exact) mass is 320 g/mol. The van der Waals surface area contributed by atoms with Gasteiger partial charge in [0.05, 0.1) is 0 Å². The van der Waals surface area contributed by atoms with Crippen LogP contribution in [-0.4, -0.2) is 33.1 Å². The van der Waals surface area contributed by atoms with Gasteiger partial charge in [0, 0.05) is 43.4 Å². The second-order valence-electron chi connectivity index (χ2n) is 5.37. The predicted molar refractivity (Wildman–Crippen MR) is 84.0 cm³/mol. The van der Waals surface area contributed by atoms with Gasteiger partial charge in [-0.1, -0.05) is 0 Å². The Kier molecular flexibility index (Phi) is 4.54. The first-order valence-corrected chi connectivity index (χ1v) is 8.43. The van der Waals surface area contributed by atoms with Crippen LogP contribution in [0.3, 0.4) is 0 Å². The van der Waals surface area contributed by atoms with E-state index in [0.717, 1.165) is 30.2 Å². The lowest BCUT2D eigenvalue weighted by Gasteiger charge is -2.24. The summed E-state index contributed by atoms with van der Waals surface area (Å²) in [6, 6.07) is 0.128. The van der Waals surface area contributed by atoms with Gasteiger partial charge in [0.25, 0.3) is 5.91 Å². The molecule has 0 saturated carbocycles. The van der Waals surface area contributed by atoms with Crippen LogP contribution in [0, 0.1) is 0 Å². The molecule has 2 aromatic rings. The predicted octanol–water partition coefficient (Wildman–Crippen LogP) is 2.18. The Labute approximate surface area is 133 Å². The Bertz CT molecular complexity index is 652. The number of rotatable bonds is 5. The zero-order chi connectivity index (χ0) is 15.5. The molecule has 0 aliphatic carbocycles. The fraction of sp³-hybridized carbons (Fsp3) is 0.533. The third kappa shape index (κ3) is 3.20. The lowest BCUT2D eigenvalue weighted by atomic mass is 10.1. The molecule has 0 radical (unpaired) electrons. The summed E-state index contributed by atoms with van der Waals surface area (Å²) in [5.41, 5.74) is 0.475. The quantitative estimate of drug-likeness (QED) is 0.917. The van der Waals surface area contributed by atoms with Crippen molar-refractivity contribution in [1.29, 1.82) is 0 Å². The second kappa shape index (κ2) is 6.58. The van der Waals surface area contributed by atoms with Gasteiger partial charge in [-0.15, -0.1) is 11.3 Å². The van der Waals surface area contributed by atoms with Crippen LogP contribution in [0.15, 0.2) is 17.8 Å². The van der Waals surface area contributed by atoms with Gasteiger partial charge in [-0.3, -0.25) is 4.79 Å². The van der Waals surface area contributed by atoms with Crippen molar-refractivity contribution >= 4 is 17.2 Å². The molecule has 0 spiro atoms. The SMILES string of the molecule is CCOC(C)c1nc(C(=O)NC2CCc3nccn3C2)cs1. The summed E-state index contributed by atoms with van der Waals surface area (Å²) < 4.78 is 7.60. The maximum atomic E-state index is 12.3. The maximum Gasteiger partial charge on any atom is 0.271 e. The van der Waals surface area contributed by atoms with Crippen molar-refractivity contribution in [1.82, 2.24) is 19.9 Å². The number of nitrogens with one attached hydrogen (secondary N) is 1. The first kappa shape index (κ1) is 15.2. The fourth-order valence-corrected chi connectivity index (χ4v) is 3.45. The molecule has 1 amide bonds. The highest BCUT2D eigenvalue weighted by atomic mass is 32.1. The van der Waals surface area contributed by atoms with Crippen molar-refractivity contribution < 1.29 is 9.53 Å². The summed E-state index contributed by atoms with van der Waals surface area (Å²) in [5, 5.41) is 5.70. The number of amides is 1. The molecular weight excluding hydrogens is 300 g/mol. The number of fused-ring (bicyclic) bond motifs is 1. The Morgan fingerprint density at radius 3 is 3.32 bits per heavy atom. The largest absolute Gasteiger partial charge is 0.372 e. The Morgan fingerprint density at radius 2 is 2.50 bits per heavy atom. The minimum atomic E-state index is -0.111. The van der Waals surface area contributed by atoms with E-state index in [0.29, 0.717) is 12.3 Å². The first-order valence-electron chi connectivity index (χ1n) is 7.55. The summed E-state index contributed by atoms with van der Waals surface area (Å²) in [6.45, 7) is 5.31. The highest BCUT2D eigenvalue weighted by Crippen LogP contribution is 2.21. The van der Waals surface area contributed by atoms with Gasteiger partial charge in [0.2, 0.25) is 0 Å². The Morgan fingerprint density at radius 1 is 1.64 bits per heavy atom. The number of hydrogen-bond donors (Lipinski definition) is 1. The maximum absolute atomic E-state index is 12.3. The summed E-state index contributed by atoms with van der Waals surface area (Å²) in [4.78, 5) is 21.0. The summed E-state index contributed by atoms with van der Waals surface area (Å²) in [5.74, 6) is 0.978. The third-order valence-electron chi connectivity index (χ3n) is 3.79. The Balaban J connectivity index is 1.61. The van der Waals surface area contributed by atoms with E-state index in [4.69, 9.17) is 4.74 Å². The molecule has 2 unspecified atom stereocenters. The molecule has 3 heterocycles. The number of ether oxygens (including phenoxy) is 1. The average molecular weight is 320 g/mol. The van der Waals surface area contributed by atoms with Crippen LogP contribution in [0.4, 0.5) is 0 Å². The van der Waals surface area contributed by atoms with Crippen LogP contribution in [0.25, 0.3) is 0 Å². The van der Waals surface area contributed by atoms with Crippen LogP contribution in [-0.2, 0) is 17.7 Å². The standard InChI is InChI=1S/C15H20N4O2S/c1-3-21-10(2)15-18-12(9-22-15)14(20)17-11-4-5-13-16-6-7-19(13)8-11/h6-7,9-11H,3-5,8H2,1-2H3,(H,17,20). The van der Waals surface area contributed by atoms with Crippen molar-refractivity contribution in [2.24, 2.45) is 0 Å². The van der Waals surface area contributed by atoms with Crippen LogP contribution in [0.2, 0.25) is 0 Å². The zero-order valence-electron chi connectivity index (χ0n) is 12.8. The number of aryl methyl sites for hydroxylation is 1. The van der Waals surface area contributed by atoms with Crippen molar-refractivity contribution in [3.05, 3.63) is 34.3 Å². The molecule has 3 rings (SSSR count). The topological polar surface area (TPSA) is 69.0 Å². The molecule has 118 valence electrons. The molecule has 0 aromatic carbocycles. The van der Waals surface area contributed by atoms with Gasteiger partial charge in [0.1, 0.15) is 22.6 Å². The van der Waals surface area contributed by atoms with Gasteiger partial charge in [-0.25, -0.2) is 9.97 Å². The number of imidazole rings is 1. The molecule has 0 fully saturated rings. The molecule has 2 atom stereocenters. The van der Waals surface area contributed by atoms with E-state index in [-0.39, 0.29) is 18.1 Å². The highest BCUT2D eigenvalue weighted by molar-refractivity contribution is 7.09. The van der Waals surface area contributed by atoms with Crippen LogP contribution >= 0.6 is 11.3 Å². The number of hydrogen-bond acceptors (Lipinski definition) is 5. The first-order chi connectivity index (χ1) is 10.7. The molecular formula is C15H20N4O2S. The van der Waals surface area contributed by atoms with E-state index in [9.17, 15) is 4.79 Å². The van der Waals surface area contributed by atoms with E-state index in [1.807, 2.05) is 20.0 Å². The number of nitrogens with zero attached hydrogens (tertiary/aromatic N) is 3. The van der Waals surface area contributed by atoms with Gasteiger partial charge in [-0.05, 0) is 20.3 Å². The number of aromatic nitrogens is 3. The van der Waals surface area contributed by atoms with Gasteiger partial charge >= 0.3 is 0 Å². The smallest absolute Gasteiger partial charge is 0.271 e. The molecule has 1 aliphatic rings. The molecule has 0 bridgehead atoms. The Hall–Kier alpha value is -1.73. The third-order valence-corrected chi connectivity index (χ3v) is 4.80. The molecule has 1 aliphatic heterocycles. The summed E-state index contributed by atoms with van der Waals surface area (Å²) >= 11 is 1.47. The summed E-state index contributed by atoms with van der Waals surface area (Å²) in [7, 11) is 0. The van der Waals surface area contributed by atoms with Gasteiger partial charge < -0.3 is 14.6 Å². The van der Waals surface area contributed by atoms with E-state index < -0.39 is 0 Å². The lowest BCUT2D eigenvalue weighted by Crippen LogP contribution is -2.41. The zero-order valence-corrected chi connectivity index (χ0v) is 13.6. The van der Waals surface area contributed by atoms with E-state index >= 15 is 0 Å². The normalized spacial score (nSPS) is 18.7. The van der Waals surface area contributed by atoms with Crippen molar-refractivity contribution in [2.75, 3.05) is 6.61 Å². The molecule has 1 N–H and O–H groups in total. The summed E-state index contributed by atoms with van der Waals surface area (Å²) in [6.07, 6.45) is 5.50. The average Bonchev–Trinajstić information content (AvgIpc) is 3.16. The number of carbonyl (C=O) groups excluding carboxylic acids is 1. The van der Waals surface area contributed by atoms with Crippen molar-refractivity contribution in [2.45, 2.75) is 45.4 Å². The van der Waals surface area contributed by atoms with Crippen molar-refractivity contribution in [3.8, 4) is 0 Å². The minimum absolute atomic E-state index is 0.0697. The molecule has 22 heavy (non-hydrogen) atoms.